The molecule has 1 fully saturated rings. The lowest BCUT2D eigenvalue weighted by molar-refractivity contribution is 0.253. The molecule has 3 rings (SSSR count). The maximum absolute atomic E-state index is 6.01. The van der Waals surface area contributed by atoms with E-state index in [9.17, 15) is 0 Å². The summed E-state index contributed by atoms with van der Waals surface area (Å²) in [4.78, 5) is 3.30. The molecule has 19 heavy (non-hydrogen) atoms. The number of H-pyrrole nitrogens is 1. The topological polar surface area (TPSA) is 27.8 Å². The zero-order chi connectivity index (χ0) is 13.3. The van der Waals surface area contributed by atoms with Gasteiger partial charge in [-0.25, -0.2) is 0 Å². The number of hydrogen-bond donors (Lipinski definition) is 2. The van der Waals surface area contributed by atoms with Crippen LogP contribution in [0, 0.1) is 0 Å². The number of nitrogens with one attached hydrogen (secondary N) is 2. The minimum Gasteiger partial charge on any atom is -0.361 e. The molecule has 0 saturated heterocycles. The van der Waals surface area contributed by atoms with Crippen molar-refractivity contribution in [3.05, 3.63) is 35.0 Å². The molecule has 1 heterocycles. The summed E-state index contributed by atoms with van der Waals surface area (Å²) < 4.78 is 0. The molecule has 102 valence electrons. The number of benzene rings is 1. The van der Waals surface area contributed by atoms with Gasteiger partial charge in [0, 0.05) is 34.2 Å². The van der Waals surface area contributed by atoms with E-state index in [1.165, 1.54) is 43.1 Å². The molecule has 1 aromatic carbocycles. The van der Waals surface area contributed by atoms with Crippen LogP contribution in [0.1, 0.15) is 44.6 Å². The fourth-order valence-corrected chi connectivity index (χ4v) is 3.29. The van der Waals surface area contributed by atoms with E-state index < -0.39 is 0 Å². The molecule has 0 atom stereocenters. The van der Waals surface area contributed by atoms with Crippen molar-refractivity contribution < 1.29 is 0 Å². The quantitative estimate of drug-likeness (QED) is 0.840. The highest BCUT2D eigenvalue weighted by Crippen LogP contribution is 2.29. The van der Waals surface area contributed by atoms with Gasteiger partial charge in [-0.1, -0.05) is 36.9 Å². The Hall–Kier alpha value is -0.990. The third-order valence-corrected chi connectivity index (χ3v) is 4.63. The van der Waals surface area contributed by atoms with Crippen LogP contribution >= 0.6 is 11.6 Å². The summed E-state index contributed by atoms with van der Waals surface area (Å²) in [6, 6.07) is 6.06. The van der Waals surface area contributed by atoms with E-state index in [2.05, 4.69) is 29.5 Å². The molecular weight excluding hydrogens is 256 g/mol. The maximum Gasteiger partial charge on any atom is 0.0472 e. The lowest BCUT2D eigenvalue weighted by atomic mass is 9.83. The van der Waals surface area contributed by atoms with Crippen LogP contribution in [-0.4, -0.2) is 10.5 Å². The first-order valence-corrected chi connectivity index (χ1v) is 7.55. The number of fused-ring (bicyclic) bond motifs is 1. The van der Waals surface area contributed by atoms with Crippen molar-refractivity contribution in [3.63, 3.8) is 0 Å². The van der Waals surface area contributed by atoms with Gasteiger partial charge in [0.1, 0.15) is 0 Å². The van der Waals surface area contributed by atoms with E-state index in [1.54, 1.807) is 0 Å². The summed E-state index contributed by atoms with van der Waals surface area (Å²) in [5.74, 6) is 0. The average Bonchev–Trinajstić information content (AvgIpc) is 2.79. The molecule has 0 spiro atoms. The Labute approximate surface area is 119 Å². The highest BCUT2D eigenvalue weighted by Gasteiger charge is 2.25. The molecule has 0 bridgehead atoms. The van der Waals surface area contributed by atoms with Gasteiger partial charge in [-0.2, -0.15) is 0 Å². The predicted octanol–water partition coefficient (Wildman–Crippen LogP) is 4.63. The first kappa shape index (κ1) is 13.0. The third kappa shape index (κ3) is 2.80. The maximum atomic E-state index is 6.01. The molecule has 0 aliphatic heterocycles. The lowest BCUT2D eigenvalue weighted by Gasteiger charge is -2.34. The Kier molecular flexibility index (Phi) is 3.55. The molecule has 0 amide bonds. The standard InChI is InChI=1S/C16H21ClN2/c1-16(7-3-2-4-8-16)19-11-12-10-18-15-9-13(17)5-6-14(12)15/h5-6,9-10,18-19H,2-4,7-8,11H2,1H3. The fraction of sp³-hybridized carbons (Fsp3) is 0.500. The lowest BCUT2D eigenvalue weighted by Crippen LogP contribution is -2.43. The number of rotatable bonds is 3. The van der Waals surface area contributed by atoms with E-state index in [0.717, 1.165) is 17.1 Å². The summed E-state index contributed by atoms with van der Waals surface area (Å²) in [5.41, 5.74) is 2.77. The largest absolute Gasteiger partial charge is 0.361 e. The van der Waals surface area contributed by atoms with Crippen LogP contribution in [0.4, 0.5) is 0 Å². The predicted molar refractivity (Wildman–Crippen MR) is 81.6 cm³/mol. The summed E-state index contributed by atoms with van der Waals surface area (Å²) in [6.45, 7) is 3.29. The van der Waals surface area contributed by atoms with Gasteiger partial charge in [-0.3, -0.25) is 0 Å². The van der Waals surface area contributed by atoms with E-state index in [0.29, 0.717) is 5.54 Å². The van der Waals surface area contributed by atoms with Gasteiger partial charge in [0.05, 0.1) is 0 Å². The molecule has 2 aromatic rings. The normalized spacial score (nSPS) is 18.8. The Morgan fingerprint density at radius 2 is 2.05 bits per heavy atom. The third-order valence-electron chi connectivity index (χ3n) is 4.39. The zero-order valence-electron chi connectivity index (χ0n) is 11.4. The van der Waals surface area contributed by atoms with Crippen LogP contribution in [0.15, 0.2) is 24.4 Å². The minimum atomic E-state index is 0.314. The Bertz CT molecular complexity index is 567. The van der Waals surface area contributed by atoms with Crippen molar-refractivity contribution in [3.8, 4) is 0 Å². The van der Waals surface area contributed by atoms with Crippen LogP contribution in [0.2, 0.25) is 5.02 Å². The number of aromatic amines is 1. The number of halogens is 1. The van der Waals surface area contributed by atoms with Gasteiger partial charge in [0.15, 0.2) is 0 Å². The van der Waals surface area contributed by atoms with E-state index in [-0.39, 0.29) is 0 Å². The van der Waals surface area contributed by atoms with E-state index >= 15 is 0 Å². The highest BCUT2D eigenvalue weighted by molar-refractivity contribution is 6.31. The van der Waals surface area contributed by atoms with Gasteiger partial charge in [-0.05, 0) is 37.5 Å². The van der Waals surface area contributed by atoms with Crippen LogP contribution < -0.4 is 5.32 Å². The van der Waals surface area contributed by atoms with E-state index in [1.807, 2.05) is 12.1 Å². The van der Waals surface area contributed by atoms with Crippen molar-refractivity contribution in [2.75, 3.05) is 0 Å². The van der Waals surface area contributed by atoms with Crippen LogP contribution in [0.5, 0.6) is 0 Å². The van der Waals surface area contributed by atoms with Crippen LogP contribution in [0.25, 0.3) is 10.9 Å². The highest BCUT2D eigenvalue weighted by atomic mass is 35.5. The Morgan fingerprint density at radius 3 is 2.84 bits per heavy atom. The monoisotopic (exact) mass is 276 g/mol. The van der Waals surface area contributed by atoms with Gasteiger partial charge < -0.3 is 10.3 Å². The molecule has 0 radical (unpaired) electrons. The molecular formula is C16H21ClN2. The summed E-state index contributed by atoms with van der Waals surface area (Å²) >= 11 is 6.01. The molecule has 1 aliphatic carbocycles. The second kappa shape index (κ2) is 5.18. The van der Waals surface area contributed by atoms with Crippen LogP contribution in [-0.2, 0) is 6.54 Å². The number of hydrogen-bond acceptors (Lipinski definition) is 1. The van der Waals surface area contributed by atoms with Gasteiger partial charge >= 0.3 is 0 Å². The summed E-state index contributed by atoms with van der Waals surface area (Å²) in [7, 11) is 0. The second-order valence-electron chi connectivity index (χ2n) is 5.98. The molecule has 1 aliphatic rings. The van der Waals surface area contributed by atoms with Crippen LogP contribution in [0.3, 0.4) is 0 Å². The van der Waals surface area contributed by atoms with Gasteiger partial charge in [0.25, 0.3) is 0 Å². The van der Waals surface area contributed by atoms with Crippen molar-refractivity contribution in [2.24, 2.45) is 0 Å². The molecule has 0 unspecified atom stereocenters. The van der Waals surface area contributed by atoms with Gasteiger partial charge in [0.2, 0.25) is 0 Å². The van der Waals surface area contributed by atoms with Gasteiger partial charge in [-0.15, -0.1) is 0 Å². The van der Waals surface area contributed by atoms with Crippen molar-refractivity contribution in [2.45, 2.75) is 51.1 Å². The molecule has 2 N–H and O–H groups in total. The summed E-state index contributed by atoms with van der Waals surface area (Å²) in [5, 5.41) is 5.81. The molecule has 3 heteroatoms. The number of aromatic nitrogens is 1. The zero-order valence-corrected chi connectivity index (χ0v) is 12.2. The second-order valence-corrected chi connectivity index (χ2v) is 6.42. The average molecular weight is 277 g/mol. The Morgan fingerprint density at radius 1 is 1.26 bits per heavy atom. The van der Waals surface area contributed by atoms with Crippen molar-refractivity contribution >= 4 is 22.5 Å². The molecule has 1 aromatic heterocycles. The first-order valence-electron chi connectivity index (χ1n) is 7.17. The first-order chi connectivity index (χ1) is 9.16. The van der Waals surface area contributed by atoms with E-state index in [4.69, 9.17) is 11.6 Å². The smallest absolute Gasteiger partial charge is 0.0472 e. The minimum absolute atomic E-state index is 0.314. The Balaban J connectivity index is 1.74. The SMILES string of the molecule is CC1(NCc2c[nH]c3cc(Cl)ccc23)CCCCC1. The summed E-state index contributed by atoms with van der Waals surface area (Å²) in [6.07, 6.45) is 8.78. The fourth-order valence-electron chi connectivity index (χ4n) is 3.12. The molecule has 2 nitrogen and oxygen atoms in total. The van der Waals surface area contributed by atoms with Crippen molar-refractivity contribution in [1.29, 1.82) is 0 Å². The van der Waals surface area contributed by atoms with Crippen molar-refractivity contribution in [1.82, 2.24) is 10.3 Å². The molecule has 1 saturated carbocycles.